The zero-order valence-electron chi connectivity index (χ0n) is 11.4. The van der Waals surface area contributed by atoms with Gasteiger partial charge < -0.3 is 9.64 Å². The molecule has 1 aliphatic heterocycles. The summed E-state index contributed by atoms with van der Waals surface area (Å²) in [4.78, 5) is 25.1. The van der Waals surface area contributed by atoms with Crippen LogP contribution >= 0.6 is 0 Å². The predicted molar refractivity (Wildman–Crippen MR) is 71.4 cm³/mol. The Bertz CT molecular complexity index is 467. The van der Waals surface area contributed by atoms with Crippen molar-refractivity contribution in [2.24, 2.45) is 0 Å². The zero-order valence-corrected chi connectivity index (χ0v) is 11.4. The first kappa shape index (κ1) is 13.6. The Morgan fingerprint density at radius 2 is 1.95 bits per heavy atom. The number of ether oxygens (including phenoxy) is 1. The van der Waals surface area contributed by atoms with Crippen molar-refractivity contribution in [1.82, 2.24) is 4.90 Å². The number of hydrogen-bond donors (Lipinski definition) is 0. The van der Waals surface area contributed by atoms with Gasteiger partial charge in [0.1, 0.15) is 6.04 Å². The number of hydrogen-bond acceptors (Lipinski definition) is 3. The Morgan fingerprint density at radius 1 is 1.32 bits per heavy atom. The minimum absolute atomic E-state index is 0.0231. The summed E-state index contributed by atoms with van der Waals surface area (Å²) in [5.74, 6) is -0.300. The molecule has 4 nitrogen and oxygen atoms in total. The average Bonchev–Trinajstić information content (AvgIpc) is 2.80. The van der Waals surface area contributed by atoms with Crippen molar-refractivity contribution >= 4 is 11.9 Å². The van der Waals surface area contributed by atoms with Crippen LogP contribution in [0.25, 0.3) is 0 Å². The molecule has 0 aliphatic carbocycles. The lowest BCUT2D eigenvalue weighted by atomic mass is 10.1. The summed E-state index contributed by atoms with van der Waals surface area (Å²) in [5.41, 5.74) is 2.31. The van der Waals surface area contributed by atoms with E-state index < -0.39 is 6.04 Å². The minimum atomic E-state index is -0.427. The molecule has 1 saturated heterocycles. The van der Waals surface area contributed by atoms with E-state index in [9.17, 15) is 9.59 Å². The van der Waals surface area contributed by atoms with E-state index in [0.29, 0.717) is 19.4 Å². The summed E-state index contributed by atoms with van der Waals surface area (Å²) in [6, 6.07) is 7.72. The third-order valence-corrected chi connectivity index (χ3v) is 3.59. The number of benzene rings is 1. The summed E-state index contributed by atoms with van der Waals surface area (Å²) in [6.07, 6.45) is 1.97. The van der Waals surface area contributed by atoms with Gasteiger partial charge in [0.2, 0.25) is 5.91 Å². The Hall–Kier alpha value is -1.84. The summed E-state index contributed by atoms with van der Waals surface area (Å²) in [6.45, 7) is 2.58. The maximum absolute atomic E-state index is 11.9. The fraction of sp³-hybridized carbons (Fsp3) is 0.467. The molecular formula is C15H19NO3. The first-order valence-electron chi connectivity index (χ1n) is 6.60. The van der Waals surface area contributed by atoms with Crippen LogP contribution in [0.3, 0.4) is 0 Å². The largest absolute Gasteiger partial charge is 0.467 e. The molecular weight excluding hydrogens is 242 g/mol. The Kier molecular flexibility index (Phi) is 4.20. The highest BCUT2D eigenvalue weighted by molar-refractivity contribution is 5.88. The molecule has 1 unspecified atom stereocenters. The molecule has 1 amide bonds. The highest BCUT2D eigenvalue weighted by Crippen LogP contribution is 2.22. The Balaban J connectivity index is 2.10. The summed E-state index contributed by atoms with van der Waals surface area (Å²) >= 11 is 0. The molecule has 0 N–H and O–H groups in total. The number of aryl methyl sites for hydroxylation is 1. The predicted octanol–water partition coefficient (Wildman–Crippen LogP) is 1.91. The molecule has 102 valence electrons. The molecule has 0 radical (unpaired) electrons. The second-order valence-electron chi connectivity index (χ2n) is 4.77. The van der Waals surface area contributed by atoms with Crippen LogP contribution in [0.15, 0.2) is 24.3 Å². The fourth-order valence-corrected chi connectivity index (χ4v) is 2.39. The third kappa shape index (κ3) is 2.95. The number of amides is 1. The fourth-order valence-electron chi connectivity index (χ4n) is 2.39. The number of likely N-dealkylation sites (tertiary alicyclic amines) is 1. The number of rotatable bonds is 4. The van der Waals surface area contributed by atoms with Crippen molar-refractivity contribution in [1.29, 1.82) is 0 Å². The second kappa shape index (κ2) is 5.87. The smallest absolute Gasteiger partial charge is 0.328 e. The molecule has 19 heavy (non-hydrogen) atoms. The van der Waals surface area contributed by atoms with Crippen molar-refractivity contribution in [2.45, 2.75) is 38.8 Å². The summed E-state index contributed by atoms with van der Waals surface area (Å²) in [5, 5.41) is 0. The van der Waals surface area contributed by atoms with Gasteiger partial charge in [0.05, 0.1) is 7.11 Å². The molecule has 1 aliphatic rings. The van der Waals surface area contributed by atoms with Crippen LogP contribution in [0.1, 0.15) is 30.9 Å². The first-order chi connectivity index (χ1) is 9.15. The lowest BCUT2D eigenvalue weighted by Crippen LogP contribution is -2.38. The van der Waals surface area contributed by atoms with Gasteiger partial charge in [-0.25, -0.2) is 4.79 Å². The maximum atomic E-state index is 11.9. The highest BCUT2D eigenvalue weighted by Gasteiger charge is 2.36. The van der Waals surface area contributed by atoms with E-state index in [1.165, 1.54) is 12.7 Å². The SMILES string of the molecule is CCc1ccc(CN2C(=O)CCC2C(=O)OC)cc1. The van der Waals surface area contributed by atoms with E-state index in [0.717, 1.165) is 12.0 Å². The van der Waals surface area contributed by atoms with Gasteiger partial charge in [-0.3, -0.25) is 4.79 Å². The molecule has 1 aromatic rings. The molecule has 0 aromatic heterocycles. The summed E-state index contributed by atoms with van der Waals surface area (Å²) in [7, 11) is 1.36. The summed E-state index contributed by atoms with van der Waals surface area (Å²) < 4.78 is 4.75. The third-order valence-electron chi connectivity index (χ3n) is 3.59. The quantitative estimate of drug-likeness (QED) is 0.778. The monoisotopic (exact) mass is 261 g/mol. The van der Waals surface area contributed by atoms with E-state index in [4.69, 9.17) is 4.74 Å². The molecule has 2 rings (SSSR count). The van der Waals surface area contributed by atoms with Crippen molar-refractivity contribution in [3.05, 3.63) is 35.4 Å². The van der Waals surface area contributed by atoms with Crippen LogP contribution in [0, 0.1) is 0 Å². The topological polar surface area (TPSA) is 46.6 Å². The number of carbonyl (C=O) groups excluding carboxylic acids is 2. The normalized spacial score (nSPS) is 18.7. The van der Waals surface area contributed by atoms with Gasteiger partial charge in [-0.15, -0.1) is 0 Å². The van der Waals surface area contributed by atoms with E-state index >= 15 is 0 Å². The van der Waals surface area contributed by atoms with Crippen LogP contribution < -0.4 is 0 Å². The highest BCUT2D eigenvalue weighted by atomic mass is 16.5. The van der Waals surface area contributed by atoms with Crippen LogP contribution in [-0.4, -0.2) is 29.9 Å². The van der Waals surface area contributed by atoms with Gasteiger partial charge in [0.25, 0.3) is 0 Å². The van der Waals surface area contributed by atoms with Gasteiger partial charge in [-0.2, -0.15) is 0 Å². The van der Waals surface area contributed by atoms with E-state index in [-0.39, 0.29) is 11.9 Å². The zero-order chi connectivity index (χ0) is 13.8. The van der Waals surface area contributed by atoms with Gasteiger partial charge in [0.15, 0.2) is 0 Å². The minimum Gasteiger partial charge on any atom is -0.467 e. The Morgan fingerprint density at radius 3 is 2.53 bits per heavy atom. The average molecular weight is 261 g/mol. The van der Waals surface area contributed by atoms with Crippen LogP contribution in [0.5, 0.6) is 0 Å². The molecule has 1 fully saturated rings. The van der Waals surface area contributed by atoms with Crippen molar-refractivity contribution in [2.75, 3.05) is 7.11 Å². The number of esters is 1. The van der Waals surface area contributed by atoms with Crippen molar-refractivity contribution in [3.8, 4) is 0 Å². The first-order valence-corrected chi connectivity index (χ1v) is 6.60. The Labute approximate surface area is 113 Å². The lowest BCUT2D eigenvalue weighted by molar-refractivity contribution is -0.149. The van der Waals surface area contributed by atoms with Crippen molar-refractivity contribution < 1.29 is 14.3 Å². The van der Waals surface area contributed by atoms with Gasteiger partial charge >= 0.3 is 5.97 Å². The van der Waals surface area contributed by atoms with Crippen LogP contribution in [-0.2, 0) is 27.3 Å². The van der Waals surface area contributed by atoms with E-state index in [2.05, 4.69) is 19.1 Å². The van der Waals surface area contributed by atoms with E-state index in [1.807, 2.05) is 12.1 Å². The number of carbonyl (C=O) groups is 2. The van der Waals surface area contributed by atoms with Crippen LogP contribution in [0.2, 0.25) is 0 Å². The van der Waals surface area contributed by atoms with E-state index in [1.54, 1.807) is 4.90 Å². The van der Waals surface area contributed by atoms with Crippen molar-refractivity contribution in [3.63, 3.8) is 0 Å². The van der Waals surface area contributed by atoms with Gasteiger partial charge in [0, 0.05) is 13.0 Å². The molecule has 1 aromatic carbocycles. The number of methoxy groups -OCH3 is 1. The standard InChI is InChI=1S/C15H19NO3/c1-3-11-4-6-12(7-5-11)10-16-13(15(18)19-2)8-9-14(16)17/h4-7,13H,3,8-10H2,1-2H3. The van der Waals surface area contributed by atoms with Gasteiger partial charge in [-0.1, -0.05) is 31.2 Å². The molecule has 0 spiro atoms. The maximum Gasteiger partial charge on any atom is 0.328 e. The van der Waals surface area contributed by atoms with Crippen LogP contribution in [0.4, 0.5) is 0 Å². The van der Waals surface area contributed by atoms with Gasteiger partial charge in [-0.05, 0) is 24.0 Å². The molecule has 0 saturated carbocycles. The lowest BCUT2D eigenvalue weighted by Gasteiger charge is -2.22. The second-order valence-corrected chi connectivity index (χ2v) is 4.77. The molecule has 0 bridgehead atoms. The molecule has 1 heterocycles. The molecule has 4 heteroatoms. The molecule has 1 atom stereocenters. The number of nitrogens with zero attached hydrogens (tertiary/aromatic N) is 1.